The zero-order valence-electron chi connectivity index (χ0n) is 18.7. The largest absolute Gasteiger partial charge is 0.493 e. The van der Waals surface area contributed by atoms with Crippen LogP contribution in [0.3, 0.4) is 0 Å². The number of nitrogens with one attached hydrogen (secondary N) is 2. The van der Waals surface area contributed by atoms with E-state index in [1.165, 1.54) is 38.5 Å². The van der Waals surface area contributed by atoms with Crippen molar-refractivity contribution in [3.8, 4) is 11.5 Å². The van der Waals surface area contributed by atoms with E-state index in [2.05, 4.69) is 10.0 Å². The van der Waals surface area contributed by atoms with Crippen LogP contribution in [0.25, 0.3) is 0 Å². The molecule has 3 atom stereocenters. The number of ether oxygens (including phenoxy) is 2. The molecule has 1 aliphatic heterocycles. The highest BCUT2D eigenvalue weighted by molar-refractivity contribution is 7.89. The summed E-state index contributed by atoms with van der Waals surface area (Å²) < 4.78 is 53.1. The van der Waals surface area contributed by atoms with Crippen molar-refractivity contribution in [3.63, 3.8) is 0 Å². The summed E-state index contributed by atoms with van der Waals surface area (Å²) in [6, 6.07) is 8.46. The quantitative estimate of drug-likeness (QED) is 0.449. The lowest BCUT2D eigenvalue weighted by molar-refractivity contribution is -0.121. The molecule has 33 heavy (non-hydrogen) atoms. The number of sulfonamides is 1. The Bertz CT molecular complexity index is 1070. The van der Waals surface area contributed by atoms with E-state index in [9.17, 15) is 17.6 Å². The van der Waals surface area contributed by atoms with E-state index in [4.69, 9.17) is 15.2 Å². The van der Waals surface area contributed by atoms with Crippen molar-refractivity contribution >= 4 is 15.8 Å². The lowest BCUT2D eigenvalue weighted by atomic mass is 9.95. The summed E-state index contributed by atoms with van der Waals surface area (Å²) in [5.41, 5.74) is 6.56. The van der Waals surface area contributed by atoms with Crippen molar-refractivity contribution in [1.29, 1.82) is 0 Å². The second-order valence-corrected chi connectivity index (χ2v) is 9.76. The van der Waals surface area contributed by atoms with Gasteiger partial charge in [-0.1, -0.05) is 18.2 Å². The smallest absolute Gasteiger partial charge is 0.241 e. The first-order chi connectivity index (χ1) is 15.7. The standard InChI is InChI=1S/C23H30FN3O5S/c1-31-21-10-9-17(14-22(21)32-2)33(29,30)27-23(19-8-5-11-26-19)20(28)13-16(25)12-15-6-3-4-7-18(15)24/h3-4,6-7,9-10,14,16,19,23,26-27H,5,8,11-13,25H2,1-2H3. The van der Waals surface area contributed by atoms with Crippen molar-refractivity contribution < 1.29 is 27.1 Å². The van der Waals surface area contributed by atoms with Crippen LogP contribution < -0.4 is 25.2 Å². The van der Waals surface area contributed by atoms with Gasteiger partial charge in [0.05, 0.1) is 25.2 Å². The average molecular weight is 480 g/mol. The van der Waals surface area contributed by atoms with Gasteiger partial charge in [-0.3, -0.25) is 4.79 Å². The number of halogens is 1. The fourth-order valence-electron chi connectivity index (χ4n) is 3.99. The predicted molar refractivity (Wildman–Crippen MR) is 122 cm³/mol. The Hall–Kier alpha value is -2.53. The Labute approximate surface area is 193 Å². The van der Waals surface area contributed by atoms with E-state index >= 15 is 0 Å². The molecule has 0 spiro atoms. The Balaban J connectivity index is 1.78. The molecule has 10 heteroatoms. The van der Waals surface area contributed by atoms with E-state index in [1.807, 2.05) is 0 Å². The molecule has 180 valence electrons. The fourth-order valence-corrected chi connectivity index (χ4v) is 5.27. The first-order valence-electron chi connectivity index (χ1n) is 10.7. The monoisotopic (exact) mass is 479 g/mol. The van der Waals surface area contributed by atoms with Crippen LogP contribution >= 0.6 is 0 Å². The van der Waals surface area contributed by atoms with Gasteiger partial charge in [0.1, 0.15) is 5.82 Å². The third-order valence-electron chi connectivity index (χ3n) is 5.70. The Kier molecular flexibility index (Phi) is 8.41. The van der Waals surface area contributed by atoms with Crippen LogP contribution in [0.5, 0.6) is 11.5 Å². The van der Waals surface area contributed by atoms with Crippen LogP contribution in [0.2, 0.25) is 0 Å². The van der Waals surface area contributed by atoms with Gasteiger partial charge < -0.3 is 20.5 Å². The minimum atomic E-state index is -4.05. The fraction of sp³-hybridized carbons (Fsp3) is 0.435. The summed E-state index contributed by atoms with van der Waals surface area (Å²) in [5.74, 6) is -0.0827. The Morgan fingerprint density at radius 2 is 1.94 bits per heavy atom. The van der Waals surface area contributed by atoms with Gasteiger partial charge in [-0.2, -0.15) is 4.72 Å². The minimum absolute atomic E-state index is 0.0494. The molecule has 3 unspecified atom stereocenters. The van der Waals surface area contributed by atoms with Crippen LogP contribution in [0.4, 0.5) is 4.39 Å². The van der Waals surface area contributed by atoms with Gasteiger partial charge in [-0.25, -0.2) is 12.8 Å². The van der Waals surface area contributed by atoms with Gasteiger partial charge in [-0.05, 0) is 49.6 Å². The molecule has 0 aromatic heterocycles. The Morgan fingerprint density at radius 3 is 2.58 bits per heavy atom. The second kappa shape index (κ2) is 11.1. The van der Waals surface area contributed by atoms with Crippen LogP contribution in [0.1, 0.15) is 24.8 Å². The maximum atomic E-state index is 14.0. The van der Waals surface area contributed by atoms with Crippen molar-refractivity contribution in [3.05, 3.63) is 53.8 Å². The van der Waals surface area contributed by atoms with Crippen LogP contribution in [0.15, 0.2) is 47.4 Å². The third kappa shape index (κ3) is 6.29. The summed E-state index contributed by atoms with van der Waals surface area (Å²) in [6.07, 6.45) is 1.55. The number of benzene rings is 2. The number of hydrogen-bond donors (Lipinski definition) is 3. The molecule has 3 rings (SSSR count). The molecular formula is C23H30FN3O5S. The molecule has 2 aromatic rings. The second-order valence-electron chi connectivity index (χ2n) is 8.04. The summed E-state index contributed by atoms with van der Waals surface area (Å²) in [4.78, 5) is 13.1. The Morgan fingerprint density at radius 1 is 1.21 bits per heavy atom. The number of carbonyl (C=O) groups is 1. The summed E-state index contributed by atoms with van der Waals surface area (Å²) in [5, 5.41) is 3.19. The lowest BCUT2D eigenvalue weighted by Gasteiger charge is -2.25. The number of ketones is 1. The molecule has 4 N–H and O–H groups in total. The maximum Gasteiger partial charge on any atom is 0.241 e. The number of nitrogens with two attached hydrogens (primary N) is 1. The first kappa shape index (κ1) is 25.1. The molecule has 0 amide bonds. The van der Waals surface area contributed by atoms with Gasteiger partial charge >= 0.3 is 0 Å². The van der Waals surface area contributed by atoms with Gasteiger partial charge in [0.15, 0.2) is 17.3 Å². The van der Waals surface area contributed by atoms with E-state index in [1.54, 1.807) is 18.2 Å². The van der Waals surface area contributed by atoms with E-state index < -0.39 is 22.1 Å². The number of rotatable bonds is 11. The highest BCUT2D eigenvalue weighted by Crippen LogP contribution is 2.29. The van der Waals surface area contributed by atoms with E-state index in [0.717, 1.165) is 6.42 Å². The number of Topliss-reactive ketones (excluding diaryl/α,β-unsaturated/α-hetero) is 1. The molecule has 0 aliphatic carbocycles. The van der Waals surface area contributed by atoms with Crippen molar-refractivity contribution in [1.82, 2.24) is 10.0 Å². The third-order valence-corrected chi connectivity index (χ3v) is 7.14. The minimum Gasteiger partial charge on any atom is -0.493 e. The summed E-state index contributed by atoms with van der Waals surface area (Å²) in [7, 11) is -1.18. The number of hydrogen-bond acceptors (Lipinski definition) is 7. The van der Waals surface area contributed by atoms with E-state index in [0.29, 0.717) is 24.3 Å². The molecule has 1 heterocycles. The molecule has 0 bridgehead atoms. The van der Waals surface area contributed by atoms with E-state index in [-0.39, 0.29) is 41.1 Å². The maximum absolute atomic E-state index is 14.0. The molecule has 1 aliphatic rings. The normalized spacial score (nSPS) is 18.0. The lowest BCUT2D eigenvalue weighted by Crippen LogP contribution is -2.53. The van der Waals surface area contributed by atoms with Gasteiger partial charge in [-0.15, -0.1) is 0 Å². The number of carbonyl (C=O) groups excluding carboxylic acids is 1. The topological polar surface area (TPSA) is 120 Å². The predicted octanol–water partition coefficient (Wildman–Crippen LogP) is 1.77. The highest BCUT2D eigenvalue weighted by atomic mass is 32.2. The molecule has 8 nitrogen and oxygen atoms in total. The molecular weight excluding hydrogens is 449 g/mol. The zero-order chi connectivity index (χ0) is 24.0. The highest BCUT2D eigenvalue weighted by Gasteiger charge is 2.35. The van der Waals surface area contributed by atoms with Crippen LogP contribution in [-0.4, -0.2) is 53.1 Å². The first-order valence-corrected chi connectivity index (χ1v) is 12.2. The average Bonchev–Trinajstić information content (AvgIpc) is 3.33. The van der Waals surface area contributed by atoms with Crippen molar-refractivity contribution in [2.45, 2.75) is 48.7 Å². The SMILES string of the molecule is COc1ccc(S(=O)(=O)NC(C(=O)CC(N)Cc2ccccc2F)C2CCCN2)cc1OC. The molecule has 1 saturated heterocycles. The van der Waals surface area contributed by atoms with Gasteiger partial charge in [0, 0.05) is 24.6 Å². The number of methoxy groups -OCH3 is 2. The van der Waals surface area contributed by atoms with Gasteiger partial charge in [0.25, 0.3) is 0 Å². The molecule has 0 saturated carbocycles. The van der Waals surface area contributed by atoms with Crippen molar-refractivity contribution in [2.75, 3.05) is 20.8 Å². The van der Waals surface area contributed by atoms with Crippen LogP contribution in [0, 0.1) is 5.82 Å². The zero-order valence-corrected chi connectivity index (χ0v) is 19.5. The van der Waals surface area contributed by atoms with Gasteiger partial charge in [0.2, 0.25) is 10.0 Å². The molecule has 0 radical (unpaired) electrons. The molecule has 1 fully saturated rings. The van der Waals surface area contributed by atoms with Crippen LogP contribution in [-0.2, 0) is 21.2 Å². The van der Waals surface area contributed by atoms with Crippen molar-refractivity contribution in [2.24, 2.45) is 5.73 Å². The molecule has 2 aromatic carbocycles. The summed E-state index contributed by atoms with van der Waals surface area (Å²) in [6.45, 7) is 0.688. The summed E-state index contributed by atoms with van der Waals surface area (Å²) >= 11 is 0.